The molecule has 2 saturated heterocycles. The van der Waals surface area contributed by atoms with Crippen molar-refractivity contribution in [3.63, 3.8) is 0 Å². The lowest BCUT2D eigenvalue weighted by molar-refractivity contribution is -0.151. The molecule has 0 spiro atoms. The largest absolute Gasteiger partial charge is 0.466 e. The fourth-order valence-corrected chi connectivity index (χ4v) is 3.21. The average molecular weight is 393 g/mol. The second kappa shape index (κ2) is 8.57. The second-order valence-corrected chi connectivity index (χ2v) is 6.42. The summed E-state index contributed by atoms with van der Waals surface area (Å²) < 4.78 is 42.3. The minimum absolute atomic E-state index is 0.0158. The van der Waals surface area contributed by atoms with Crippen LogP contribution in [0, 0.1) is 0 Å². The zero-order valence-corrected chi connectivity index (χ0v) is 15.0. The molecule has 0 saturated carbocycles. The first kappa shape index (κ1) is 21.0. The standard InChI is InChI=1S/C16H22F3N3O5/c1-2-27-14(25)4-3-12(23)20-7-5-11(6-8-20)21-9-13(24)22(15(21)26)10-16(17,18)19/h11H,2-10H2,1H3. The molecule has 0 aromatic rings. The maximum Gasteiger partial charge on any atom is 0.406 e. The molecule has 0 aromatic heterocycles. The molecule has 2 heterocycles. The fraction of sp³-hybridized carbons (Fsp3) is 0.750. The minimum Gasteiger partial charge on any atom is -0.466 e. The Morgan fingerprint density at radius 3 is 2.33 bits per heavy atom. The van der Waals surface area contributed by atoms with Crippen molar-refractivity contribution in [2.24, 2.45) is 0 Å². The molecule has 8 nitrogen and oxygen atoms in total. The Bertz CT molecular complexity index is 603. The zero-order valence-electron chi connectivity index (χ0n) is 15.0. The van der Waals surface area contributed by atoms with Crippen molar-refractivity contribution < 1.29 is 37.1 Å². The maximum atomic E-state index is 12.5. The number of urea groups is 1. The van der Waals surface area contributed by atoms with E-state index in [0.717, 1.165) is 4.90 Å². The Hall–Kier alpha value is -2.33. The molecule has 11 heteroatoms. The summed E-state index contributed by atoms with van der Waals surface area (Å²) in [7, 11) is 0. The van der Waals surface area contributed by atoms with E-state index in [2.05, 4.69) is 0 Å². The molecule has 2 rings (SSSR count). The number of hydrogen-bond donors (Lipinski definition) is 0. The van der Waals surface area contributed by atoms with Crippen LogP contribution in [0.15, 0.2) is 0 Å². The number of hydrogen-bond acceptors (Lipinski definition) is 5. The summed E-state index contributed by atoms with van der Waals surface area (Å²) in [5.74, 6) is -1.54. The van der Waals surface area contributed by atoms with Crippen molar-refractivity contribution in [2.45, 2.75) is 44.8 Å². The number of nitrogens with zero attached hydrogens (tertiary/aromatic N) is 3. The van der Waals surface area contributed by atoms with Crippen LogP contribution in [-0.4, -0.2) is 83.5 Å². The molecule has 0 bridgehead atoms. The number of alkyl halides is 3. The van der Waals surface area contributed by atoms with Crippen molar-refractivity contribution in [3.8, 4) is 0 Å². The molecule has 0 radical (unpaired) electrons. The Balaban J connectivity index is 1.83. The van der Waals surface area contributed by atoms with Gasteiger partial charge >= 0.3 is 18.2 Å². The van der Waals surface area contributed by atoms with Gasteiger partial charge in [0.25, 0.3) is 5.91 Å². The Kier molecular flexibility index (Phi) is 6.66. The quantitative estimate of drug-likeness (QED) is 0.499. The summed E-state index contributed by atoms with van der Waals surface area (Å²) in [5, 5.41) is 0. The van der Waals surface area contributed by atoms with Gasteiger partial charge in [-0.2, -0.15) is 13.2 Å². The van der Waals surface area contributed by atoms with Crippen LogP contribution in [0.4, 0.5) is 18.0 Å². The number of esters is 1. The zero-order chi connectivity index (χ0) is 20.2. The summed E-state index contributed by atoms with van der Waals surface area (Å²) in [6, 6.07) is -1.33. The topological polar surface area (TPSA) is 87.2 Å². The lowest BCUT2D eigenvalue weighted by atomic mass is 10.0. The van der Waals surface area contributed by atoms with Gasteiger partial charge in [0, 0.05) is 25.6 Å². The van der Waals surface area contributed by atoms with Gasteiger partial charge in [0.1, 0.15) is 13.1 Å². The second-order valence-electron chi connectivity index (χ2n) is 6.42. The molecule has 2 fully saturated rings. The predicted octanol–water partition coefficient (Wildman–Crippen LogP) is 1.15. The smallest absolute Gasteiger partial charge is 0.406 e. The first-order valence-corrected chi connectivity index (χ1v) is 8.73. The summed E-state index contributed by atoms with van der Waals surface area (Å²) in [6.45, 7) is 0.562. The molecule has 0 unspecified atom stereocenters. The molecule has 0 N–H and O–H groups in total. The summed E-state index contributed by atoms with van der Waals surface area (Å²) in [4.78, 5) is 50.2. The van der Waals surface area contributed by atoms with E-state index in [1.54, 1.807) is 11.8 Å². The number of carbonyl (C=O) groups is 4. The summed E-state index contributed by atoms with van der Waals surface area (Å²) in [5.41, 5.74) is 0. The molecule has 4 amide bonds. The first-order valence-electron chi connectivity index (χ1n) is 8.73. The van der Waals surface area contributed by atoms with Crippen LogP contribution in [0.3, 0.4) is 0 Å². The molecule has 0 aliphatic carbocycles. The molecule has 0 aromatic carbocycles. The molecule has 2 aliphatic heterocycles. The number of imide groups is 1. The van der Waals surface area contributed by atoms with Gasteiger partial charge in [-0.25, -0.2) is 4.79 Å². The highest BCUT2D eigenvalue weighted by atomic mass is 19.4. The number of piperidine rings is 1. The normalized spacial score (nSPS) is 19.0. The lowest BCUT2D eigenvalue weighted by Gasteiger charge is -2.36. The number of ether oxygens (including phenoxy) is 1. The lowest BCUT2D eigenvalue weighted by Crippen LogP contribution is -2.48. The highest BCUT2D eigenvalue weighted by molar-refractivity contribution is 6.02. The monoisotopic (exact) mass is 393 g/mol. The van der Waals surface area contributed by atoms with Crippen LogP contribution in [0.5, 0.6) is 0 Å². The minimum atomic E-state index is -4.64. The number of carbonyl (C=O) groups excluding carboxylic acids is 4. The van der Waals surface area contributed by atoms with E-state index in [1.165, 1.54) is 0 Å². The molecule has 2 aliphatic rings. The molecular weight excluding hydrogens is 371 g/mol. The Morgan fingerprint density at radius 1 is 1.15 bits per heavy atom. The molecule has 0 atom stereocenters. The van der Waals surface area contributed by atoms with E-state index in [1.807, 2.05) is 0 Å². The number of likely N-dealkylation sites (tertiary alicyclic amines) is 1. The fourth-order valence-electron chi connectivity index (χ4n) is 3.21. The third-order valence-corrected chi connectivity index (χ3v) is 4.53. The van der Waals surface area contributed by atoms with Gasteiger partial charge in [0.15, 0.2) is 0 Å². The summed E-state index contributed by atoms with van der Waals surface area (Å²) in [6.07, 6.45) is -3.91. The molecule has 152 valence electrons. The molecular formula is C16H22F3N3O5. The third kappa shape index (κ3) is 5.57. The predicted molar refractivity (Wildman–Crippen MR) is 85.3 cm³/mol. The maximum absolute atomic E-state index is 12.5. The number of amides is 4. The van der Waals surface area contributed by atoms with Crippen LogP contribution in [0.2, 0.25) is 0 Å². The van der Waals surface area contributed by atoms with E-state index in [9.17, 15) is 32.3 Å². The first-order chi connectivity index (χ1) is 12.6. The van der Waals surface area contributed by atoms with E-state index in [-0.39, 0.29) is 36.8 Å². The van der Waals surface area contributed by atoms with Gasteiger partial charge in [-0.05, 0) is 19.8 Å². The van der Waals surface area contributed by atoms with Crippen molar-refractivity contribution >= 4 is 23.8 Å². The highest BCUT2D eigenvalue weighted by Gasteiger charge is 2.45. The van der Waals surface area contributed by atoms with Gasteiger partial charge in [0.05, 0.1) is 13.0 Å². The van der Waals surface area contributed by atoms with E-state index >= 15 is 0 Å². The van der Waals surface area contributed by atoms with Crippen LogP contribution >= 0.6 is 0 Å². The SMILES string of the molecule is CCOC(=O)CCC(=O)N1CCC(N2CC(=O)N(CC(F)(F)F)C2=O)CC1. The van der Waals surface area contributed by atoms with E-state index < -0.39 is 36.7 Å². The highest BCUT2D eigenvalue weighted by Crippen LogP contribution is 2.25. The van der Waals surface area contributed by atoms with Crippen LogP contribution in [-0.2, 0) is 19.1 Å². The van der Waals surface area contributed by atoms with Crippen molar-refractivity contribution in [2.75, 3.05) is 32.8 Å². The van der Waals surface area contributed by atoms with Gasteiger partial charge in [-0.15, -0.1) is 0 Å². The van der Waals surface area contributed by atoms with E-state index in [0.29, 0.717) is 25.9 Å². The van der Waals surface area contributed by atoms with Crippen molar-refractivity contribution in [1.82, 2.24) is 14.7 Å². The van der Waals surface area contributed by atoms with Crippen LogP contribution in [0.25, 0.3) is 0 Å². The van der Waals surface area contributed by atoms with Gasteiger partial charge in [0.2, 0.25) is 5.91 Å². The van der Waals surface area contributed by atoms with Crippen molar-refractivity contribution in [1.29, 1.82) is 0 Å². The summed E-state index contributed by atoms with van der Waals surface area (Å²) >= 11 is 0. The van der Waals surface area contributed by atoms with Gasteiger partial charge < -0.3 is 14.5 Å². The Morgan fingerprint density at radius 2 is 1.78 bits per heavy atom. The van der Waals surface area contributed by atoms with Gasteiger partial charge in [-0.1, -0.05) is 0 Å². The number of rotatable bonds is 6. The third-order valence-electron chi connectivity index (χ3n) is 4.53. The van der Waals surface area contributed by atoms with Crippen LogP contribution < -0.4 is 0 Å². The van der Waals surface area contributed by atoms with Crippen molar-refractivity contribution in [3.05, 3.63) is 0 Å². The van der Waals surface area contributed by atoms with Crippen LogP contribution in [0.1, 0.15) is 32.6 Å². The average Bonchev–Trinajstić information content (AvgIpc) is 2.87. The number of halogens is 3. The van der Waals surface area contributed by atoms with Gasteiger partial charge in [-0.3, -0.25) is 19.3 Å². The van der Waals surface area contributed by atoms with E-state index in [4.69, 9.17) is 4.74 Å². The molecule has 27 heavy (non-hydrogen) atoms. The Labute approximate surface area is 154 Å².